The van der Waals surface area contributed by atoms with Crippen LogP contribution in [-0.4, -0.2) is 52.5 Å². The Hall–Kier alpha value is -2.45. The normalized spacial score (nSPS) is 13.5. The molecule has 1 aromatic heterocycles. The number of hydrogen-bond acceptors (Lipinski definition) is 5. The molecule has 7 nitrogen and oxygen atoms in total. The van der Waals surface area contributed by atoms with Gasteiger partial charge in [0.05, 0.1) is 5.01 Å². The number of carbonyl (C=O) groups is 2. The smallest absolute Gasteiger partial charge is 0.355 e. The highest BCUT2D eigenvalue weighted by molar-refractivity contribution is 7.09. The monoisotopic (exact) mass is 374 g/mol. The van der Waals surface area contributed by atoms with Crippen molar-refractivity contribution in [2.24, 2.45) is 0 Å². The van der Waals surface area contributed by atoms with E-state index in [9.17, 15) is 9.59 Å². The maximum absolute atomic E-state index is 12.2. The fourth-order valence-electron chi connectivity index (χ4n) is 3.00. The van der Waals surface area contributed by atoms with Crippen molar-refractivity contribution in [1.82, 2.24) is 20.1 Å². The van der Waals surface area contributed by atoms with E-state index in [1.807, 2.05) is 0 Å². The zero-order chi connectivity index (χ0) is 18.7. The molecule has 0 unspecified atom stereocenters. The van der Waals surface area contributed by atoms with E-state index in [2.05, 4.69) is 40.4 Å². The zero-order valence-corrected chi connectivity index (χ0v) is 15.7. The molecule has 138 valence electrons. The molecule has 0 atom stereocenters. The SMILES string of the molecule is CN1Cc2ccc(CN(C)C(=O)NCCc3nc(C(=O)O)cs3)cc2C1. The van der Waals surface area contributed by atoms with Crippen molar-refractivity contribution in [3.63, 3.8) is 0 Å². The molecule has 26 heavy (non-hydrogen) atoms. The van der Waals surface area contributed by atoms with Gasteiger partial charge in [-0.15, -0.1) is 11.3 Å². The van der Waals surface area contributed by atoms with E-state index in [0.717, 1.165) is 18.7 Å². The second-order valence-corrected chi connectivity index (χ2v) is 7.49. The molecule has 0 radical (unpaired) electrons. The highest BCUT2D eigenvalue weighted by Crippen LogP contribution is 2.22. The molecule has 0 spiro atoms. The maximum Gasteiger partial charge on any atom is 0.355 e. The lowest BCUT2D eigenvalue weighted by Gasteiger charge is -2.18. The third-order valence-electron chi connectivity index (χ3n) is 4.30. The minimum atomic E-state index is -1.03. The highest BCUT2D eigenvalue weighted by Gasteiger charge is 2.16. The quantitative estimate of drug-likeness (QED) is 0.809. The molecule has 2 aromatic rings. The summed E-state index contributed by atoms with van der Waals surface area (Å²) in [5, 5.41) is 13.9. The summed E-state index contributed by atoms with van der Waals surface area (Å²) in [5.41, 5.74) is 3.85. The number of aromatic nitrogens is 1. The summed E-state index contributed by atoms with van der Waals surface area (Å²) in [5.74, 6) is -1.03. The van der Waals surface area contributed by atoms with Gasteiger partial charge in [0.2, 0.25) is 0 Å². The van der Waals surface area contributed by atoms with Gasteiger partial charge in [0.1, 0.15) is 0 Å². The van der Waals surface area contributed by atoms with Crippen molar-refractivity contribution in [2.45, 2.75) is 26.1 Å². The van der Waals surface area contributed by atoms with Gasteiger partial charge in [0.15, 0.2) is 5.69 Å². The largest absolute Gasteiger partial charge is 0.476 e. The van der Waals surface area contributed by atoms with Crippen molar-refractivity contribution in [3.05, 3.63) is 51.0 Å². The first-order valence-electron chi connectivity index (χ1n) is 8.38. The lowest BCUT2D eigenvalue weighted by Crippen LogP contribution is -2.37. The van der Waals surface area contributed by atoms with Gasteiger partial charge < -0.3 is 15.3 Å². The lowest BCUT2D eigenvalue weighted by atomic mass is 10.1. The predicted octanol–water partition coefficient (Wildman–Crippen LogP) is 2.17. The number of amides is 2. The van der Waals surface area contributed by atoms with Crippen LogP contribution in [0, 0.1) is 0 Å². The van der Waals surface area contributed by atoms with Gasteiger partial charge in [-0.3, -0.25) is 4.90 Å². The predicted molar refractivity (Wildman–Crippen MR) is 99.3 cm³/mol. The first-order valence-corrected chi connectivity index (χ1v) is 9.26. The number of hydrogen-bond donors (Lipinski definition) is 2. The number of fused-ring (bicyclic) bond motifs is 1. The fraction of sp³-hybridized carbons (Fsp3) is 0.389. The van der Waals surface area contributed by atoms with E-state index in [4.69, 9.17) is 5.11 Å². The summed E-state index contributed by atoms with van der Waals surface area (Å²) >= 11 is 1.29. The summed E-state index contributed by atoms with van der Waals surface area (Å²) in [4.78, 5) is 31.0. The van der Waals surface area contributed by atoms with Gasteiger partial charge in [-0.1, -0.05) is 18.2 Å². The van der Waals surface area contributed by atoms with Gasteiger partial charge in [0.25, 0.3) is 0 Å². The van der Waals surface area contributed by atoms with Crippen LogP contribution in [0.5, 0.6) is 0 Å². The number of rotatable bonds is 6. The third kappa shape index (κ3) is 4.39. The number of benzene rings is 1. The molecular formula is C18H22N4O3S. The molecule has 3 rings (SSSR count). The van der Waals surface area contributed by atoms with Crippen LogP contribution in [0.4, 0.5) is 4.79 Å². The fourth-order valence-corrected chi connectivity index (χ4v) is 3.77. The van der Waals surface area contributed by atoms with Crippen LogP contribution in [-0.2, 0) is 26.1 Å². The van der Waals surface area contributed by atoms with Crippen LogP contribution in [0.3, 0.4) is 0 Å². The number of nitrogens with one attached hydrogen (secondary N) is 1. The molecule has 2 N–H and O–H groups in total. The summed E-state index contributed by atoms with van der Waals surface area (Å²) in [6, 6.07) is 6.23. The van der Waals surface area contributed by atoms with Crippen LogP contribution in [0.1, 0.15) is 32.2 Å². The molecular weight excluding hydrogens is 352 g/mol. The second-order valence-electron chi connectivity index (χ2n) is 6.54. The molecule has 1 aromatic carbocycles. The summed E-state index contributed by atoms with van der Waals surface area (Å²) < 4.78 is 0. The Bertz CT molecular complexity index is 821. The minimum absolute atomic E-state index is 0.0516. The molecule has 0 fully saturated rings. The van der Waals surface area contributed by atoms with E-state index < -0.39 is 5.97 Å². The Morgan fingerprint density at radius 3 is 2.85 bits per heavy atom. The van der Waals surface area contributed by atoms with Crippen LogP contribution in [0.2, 0.25) is 0 Å². The molecule has 0 aliphatic carbocycles. The van der Waals surface area contributed by atoms with Gasteiger partial charge in [-0.2, -0.15) is 0 Å². The standard InChI is InChI=1S/C18H22N4O3S/c1-21-9-13-4-3-12(7-14(13)10-21)8-22(2)18(25)19-6-5-16-20-15(11-26-16)17(23)24/h3-4,7,11H,5-6,8-10H2,1-2H3,(H,19,25)(H,23,24). The molecule has 1 aliphatic heterocycles. The number of carboxylic acids is 1. The lowest BCUT2D eigenvalue weighted by molar-refractivity contribution is 0.0691. The van der Waals surface area contributed by atoms with E-state index in [1.54, 1.807) is 11.9 Å². The second kappa shape index (κ2) is 7.84. The van der Waals surface area contributed by atoms with E-state index in [0.29, 0.717) is 24.5 Å². The molecule has 0 saturated heterocycles. The molecule has 0 saturated carbocycles. The first-order chi connectivity index (χ1) is 12.4. The van der Waals surface area contributed by atoms with Gasteiger partial charge in [0, 0.05) is 45.0 Å². The zero-order valence-electron chi connectivity index (χ0n) is 14.9. The number of thiazole rings is 1. The van der Waals surface area contributed by atoms with Crippen molar-refractivity contribution in [3.8, 4) is 0 Å². The summed E-state index contributed by atoms with van der Waals surface area (Å²) in [7, 11) is 3.86. The Labute approximate surface area is 156 Å². The minimum Gasteiger partial charge on any atom is -0.476 e. The average molecular weight is 374 g/mol. The van der Waals surface area contributed by atoms with E-state index >= 15 is 0 Å². The number of nitrogens with zero attached hydrogens (tertiary/aromatic N) is 3. The first kappa shape index (κ1) is 18.3. The van der Waals surface area contributed by atoms with Crippen LogP contribution in [0.15, 0.2) is 23.6 Å². The highest BCUT2D eigenvalue weighted by atomic mass is 32.1. The maximum atomic E-state index is 12.2. The summed E-state index contributed by atoms with van der Waals surface area (Å²) in [6.45, 7) is 2.89. The molecule has 2 amide bonds. The van der Waals surface area contributed by atoms with Gasteiger partial charge in [-0.05, 0) is 23.7 Å². The van der Waals surface area contributed by atoms with Crippen LogP contribution >= 0.6 is 11.3 Å². The Morgan fingerprint density at radius 1 is 1.35 bits per heavy atom. The number of aromatic carboxylic acids is 1. The Morgan fingerprint density at radius 2 is 2.12 bits per heavy atom. The molecule has 0 bridgehead atoms. The van der Waals surface area contributed by atoms with Crippen LogP contribution < -0.4 is 5.32 Å². The topological polar surface area (TPSA) is 85.8 Å². The number of carbonyl (C=O) groups excluding carboxylic acids is 1. The Balaban J connectivity index is 1.47. The summed E-state index contributed by atoms with van der Waals surface area (Å²) in [6.07, 6.45) is 0.517. The average Bonchev–Trinajstić information content (AvgIpc) is 3.20. The van der Waals surface area contributed by atoms with Crippen molar-refractivity contribution >= 4 is 23.3 Å². The van der Waals surface area contributed by atoms with Crippen LogP contribution in [0.25, 0.3) is 0 Å². The third-order valence-corrected chi connectivity index (χ3v) is 5.21. The van der Waals surface area contributed by atoms with Crippen molar-refractivity contribution < 1.29 is 14.7 Å². The van der Waals surface area contributed by atoms with Gasteiger partial charge in [-0.25, -0.2) is 14.6 Å². The molecule has 8 heteroatoms. The van der Waals surface area contributed by atoms with E-state index in [-0.39, 0.29) is 11.7 Å². The molecule has 1 aliphatic rings. The van der Waals surface area contributed by atoms with E-state index in [1.165, 1.54) is 27.8 Å². The van der Waals surface area contributed by atoms with Gasteiger partial charge >= 0.3 is 12.0 Å². The molecule has 2 heterocycles. The number of urea groups is 1. The number of carboxylic acid groups (broad SMARTS) is 1. The Kier molecular flexibility index (Phi) is 5.53. The van der Waals surface area contributed by atoms with Crippen molar-refractivity contribution in [1.29, 1.82) is 0 Å². The van der Waals surface area contributed by atoms with Crippen molar-refractivity contribution in [2.75, 3.05) is 20.6 Å².